The molecule has 9 rings (SSSR count). The Morgan fingerprint density at radius 2 is 1.05 bits per heavy atom. The van der Waals surface area contributed by atoms with E-state index in [0.717, 1.165) is 5.56 Å². The smallest absolute Gasteiger partial charge is 0.204 e. The summed E-state index contributed by atoms with van der Waals surface area (Å²) in [5.41, 5.74) is 2.53. The number of aryl methyl sites for hydroxylation is 1. The number of nitrogens with zero attached hydrogens (tertiary/aromatic N) is 2. The molecule has 2 aliphatic rings. The Bertz CT molecular complexity index is 3150. The normalized spacial score (nSPS) is 15.2. The van der Waals surface area contributed by atoms with Crippen molar-refractivity contribution in [1.29, 1.82) is 0 Å². The first-order chi connectivity index (χ1) is 30.3. The summed E-state index contributed by atoms with van der Waals surface area (Å²) in [6.07, 6.45) is -2.07. The second-order valence-corrected chi connectivity index (χ2v) is 15.1. The van der Waals surface area contributed by atoms with Crippen LogP contribution in [0, 0.1) is 30.2 Å². The summed E-state index contributed by atoms with van der Waals surface area (Å²) in [5, 5.41) is 64.1. The molecule has 2 aliphatic heterocycles. The van der Waals surface area contributed by atoms with Crippen molar-refractivity contribution in [2.75, 3.05) is 13.2 Å². The van der Waals surface area contributed by atoms with Gasteiger partial charge in [-0.1, -0.05) is 54.1 Å². The Morgan fingerprint density at radius 1 is 0.587 bits per heavy atom. The van der Waals surface area contributed by atoms with Crippen LogP contribution in [-0.2, 0) is 0 Å². The summed E-state index contributed by atoms with van der Waals surface area (Å²) in [5.74, 6) is -9.48. The van der Waals surface area contributed by atoms with Crippen LogP contribution in [0.2, 0.25) is 0 Å². The lowest BCUT2D eigenvalue weighted by atomic mass is 9.96. The van der Waals surface area contributed by atoms with Gasteiger partial charge in [0, 0.05) is 44.3 Å². The van der Waals surface area contributed by atoms with E-state index < -0.39 is 77.4 Å². The van der Waals surface area contributed by atoms with Crippen LogP contribution >= 0.6 is 0 Å². The standard InChI is InChI=1S/C48H36F4N4O7/c1-22-5-2-6-23(17-22)37-33-15-13-31(54-33)35(24-7-3-9-26(58)18-24)29-11-12-30(53-29)36(25-8-4-10-27(59)19-25)32-14-16-34(55-32)38(45-47(62)46(61)44(37)56-45)39-40(49)42(51)48(43(52)41(39)50)63-21-28(60)20-57/h2-19,28,46-47,54-55,57-62H,20-21H2,1H3/t28?,46-,47+/m0/s1. The van der Waals surface area contributed by atoms with E-state index in [1.165, 1.54) is 30.3 Å². The van der Waals surface area contributed by atoms with Crippen molar-refractivity contribution >= 4 is 34.2 Å². The van der Waals surface area contributed by atoms with Gasteiger partial charge >= 0.3 is 0 Å². The molecule has 0 radical (unpaired) electrons. The zero-order valence-electron chi connectivity index (χ0n) is 33.0. The molecule has 0 aliphatic carbocycles. The highest BCUT2D eigenvalue weighted by Crippen LogP contribution is 2.47. The number of fused-ring (bicyclic) bond motifs is 8. The predicted molar refractivity (Wildman–Crippen MR) is 228 cm³/mol. The Hall–Kier alpha value is -7.30. The minimum Gasteiger partial charge on any atom is -0.508 e. The van der Waals surface area contributed by atoms with Crippen molar-refractivity contribution in [2.24, 2.45) is 0 Å². The minimum atomic E-state index is -2.03. The van der Waals surface area contributed by atoms with E-state index in [9.17, 15) is 30.6 Å². The number of H-pyrrole nitrogens is 2. The van der Waals surface area contributed by atoms with Crippen LogP contribution in [0.5, 0.6) is 17.2 Å². The van der Waals surface area contributed by atoms with Gasteiger partial charge in [-0.3, -0.25) is 4.98 Å². The van der Waals surface area contributed by atoms with Crippen LogP contribution < -0.4 is 4.74 Å². The molecule has 5 heterocycles. The summed E-state index contributed by atoms with van der Waals surface area (Å²) < 4.78 is 69.9. The van der Waals surface area contributed by atoms with Gasteiger partial charge in [-0.2, -0.15) is 8.78 Å². The average molecular weight is 857 g/mol. The van der Waals surface area contributed by atoms with E-state index in [1.807, 2.05) is 13.0 Å². The Kier molecular flexibility index (Phi) is 10.6. The SMILES string of the molecule is Cc1cccc(-c2c3nc(c(-c4c(F)c(F)c(OCC(O)CO)c(F)c4F)c4ccc([nH]4)c(-c4cccc(O)c4)c4nc(c(-c5cccc(O)c5)c5ccc2[nH]5)C=C4)[C@@H](O)[C@H]3O)c1. The molecule has 0 fully saturated rings. The molecule has 3 atom stereocenters. The number of hydrogen-bond acceptors (Lipinski definition) is 9. The van der Waals surface area contributed by atoms with Crippen LogP contribution in [0.1, 0.15) is 40.5 Å². The van der Waals surface area contributed by atoms with E-state index >= 15 is 17.6 Å². The largest absolute Gasteiger partial charge is 0.508 e. The van der Waals surface area contributed by atoms with Gasteiger partial charge in [0.1, 0.15) is 36.4 Å². The zero-order valence-corrected chi connectivity index (χ0v) is 33.0. The molecule has 15 heteroatoms. The third-order valence-corrected chi connectivity index (χ3v) is 10.9. The number of aliphatic hydroxyl groups excluding tert-OH is 4. The van der Waals surface area contributed by atoms with Gasteiger partial charge in [0.05, 0.1) is 34.9 Å². The number of aromatic hydroxyl groups is 2. The monoisotopic (exact) mass is 856 g/mol. The minimum absolute atomic E-state index is 0.00789. The predicted octanol–water partition coefficient (Wildman–Crippen LogP) is 8.93. The number of phenolic OH excluding ortho intramolecular Hbond substituents is 2. The number of benzene rings is 4. The second-order valence-electron chi connectivity index (χ2n) is 15.1. The highest BCUT2D eigenvalue weighted by molar-refractivity contribution is 5.97. The highest BCUT2D eigenvalue weighted by Gasteiger charge is 2.38. The molecule has 4 aromatic carbocycles. The molecule has 0 spiro atoms. The molecule has 1 unspecified atom stereocenters. The fourth-order valence-electron chi connectivity index (χ4n) is 8.02. The first-order valence-electron chi connectivity index (χ1n) is 19.6. The van der Waals surface area contributed by atoms with Gasteiger partial charge in [0.25, 0.3) is 0 Å². The third-order valence-electron chi connectivity index (χ3n) is 10.9. The number of hydrogen-bond donors (Lipinski definition) is 8. The molecule has 0 saturated carbocycles. The lowest BCUT2D eigenvalue weighted by Crippen LogP contribution is -2.22. The van der Waals surface area contributed by atoms with E-state index in [2.05, 4.69) is 15.0 Å². The Labute approximate surface area is 355 Å². The summed E-state index contributed by atoms with van der Waals surface area (Å²) in [4.78, 5) is 16.2. The molecular weight excluding hydrogens is 821 g/mol. The molecule has 7 aromatic rings. The quantitative estimate of drug-likeness (QED) is 0.0545. The molecule has 0 amide bonds. The van der Waals surface area contributed by atoms with Gasteiger partial charge in [0.2, 0.25) is 11.6 Å². The number of aliphatic hydroxyl groups is 4. The maximum absolute atomic E-state index is 16.6. The number of rotatable bonds is 8. The van der Waals surface area contributed by atoms with E-state index in [1.54, 1.807) is 72.8 Å². The van der Waals surface area contributed by atoms with Crippen LogP contribution in [0.25, 0.3) is 78.7 Å². The van der Waals surface area contributed by atoms with E-state index in [0.29, 0.717) is 50.2 Å². The van der Waals surface area contributed by atoms with Crippen LogP contribution in [0.15, 0.2) is 97.1 Å². The molecule has 8 N–H and O–H groups in total. The number of nitrogens with one attached hydrogen (secondary N) is 2. The lowest BCUT2D eigenvalue weighted by molar-refractivity contribution is 0.0259. The van der Waals surface area contributed by atoms with Gasteiger partial charge < -0.3 is 45.3 Å². The molecule has 63 heavy (non-hydrogen) atoms. The summed E-state index contributed by atoms with van der Waals surface area (Å²) in [7, 11) is 0. The van der Waals surface area contributed by atoms with Crippen molar-refractivity contribution in [3.05, 3.63) is 149 Å². The van der Waals surface area contributed by atoms with Crippen molar-refractivity contribution in [1.82, 2.24) is 19.9 Å². The zero-order chi connectivity index (χ0) is 44.3. The topological polar surface area (TPSA) is 188 Å². The Balaban J connectivity index is 1.49. The number of ether oxygens (including phenoxy) is 1. The number of aromatic nitrogens is 4. The fraction of sp³-hybridized carbons (Fsp3) is 0.125. The van der Waals surface area contributed by atoms with Gasteiger partial charge in [0.15, 0.2) is 17.4 Å². The maximum Gasteiger partial charge on any atom is 0.204 e. The number of aromatic amines is 2. The van der Waals surface area contributed by atoms with Crippen molar-refractivity contribution in [3.8, 4) is 61.8 Å². The molecule has 3 aromatic heterocycles. The lowest BCUT2D eigenvalue weighted by Gasteiger charge is -2.16. The van der Waals surface area contributed by atoms with E-state index in [4.69, 9.17) is 9.72 Å². The number of halogens is 4. The molecule has 0 saturated heterocycles. The number of phenols is 2. The van der Waals surface area contributed by atoms with Crippen molar-refractivity contribution < 1.29 is 52.9 Å². The summed E-state index contributed by atoms with van der Waals surface area (Å²) >= 11 is 0. The van der Waals surface area contributed by atoms with Gasteiger partial charge in [-0.15, -0.1) is 0 Å². The maximum atomic E-state index is 16.6. The summed E-state index contributed by atoms with van der Waals surface area (Å²) in [6.45, 7) is 0.0593. The summed E-state index contributed by atoms with van der Waals surface area (Å²) in [6, 6.07) is 26.2. The molecule has 8 bridgehead atoms. The van der Waals surface area contributed by atoms with Crippen molar-refractivity contribution in [3.63, 3.8) is 0 Å². The third kappa shape index (κ3) is 7.26. The first-order valence-corrected chi connectivity index (χ1v) is 19.6. The van der Waals surface area contributed by atoms with Crippen LogP contribution in [0.4, 0.5) is 17.6 Å². The van der Waals surface area contributed by atoms with Crippen LogP contribution in [-0.4, -0.2) is 69.9 Å². The van der Waals surface area contributed by atoms with Gasteiger partial charge in [-0.25, -0.2) is 13.8 Å². The first kappa shape index (κ1) is 41.1. The average Bonchev–Trinajstić information content (AvgIpc) is 4.10. The highest BCUT2D eigenvalue weighted by atomic mass is 19.2. The van der Waals surface area contributed by atoms with Crippen LogP contribution in [0.3, 0.4) is 0 Å². The molecule has 11 nitrogen and oxygen atoms in total. The molecule has 318 valence electrons. The Morgan fingerprint density at radius 3 is 1.54 bits per heavy atom. The van der Waals surface area contributed by atoms with E-state index in [-0.39, 0.29) is 33.8 Å². The van der Waals surface area contributed by atoms with Gasteiger partial charge in [-0.05, 0) is 84.3 Å². The van der Waals surface area contributed by atoms with Crippen molar-refractivity contribution in [2.45, 2.75) is 25.2 Å². The molecular formula is C48H36F4N4O7. The fourth-order valence-corrected chi connectivity index (χ4v) is 8.02. The second kappa shape index (κ2) is 16.2.